The van der Waals surface area contributed by atoms with Crippen molar-refractivity contribution in [2.75, 3.05) is 34.4 Å². The molecule has 1 saturated heterocycles. The molecule has 4 bridgehead atoms. The van der Waals surface area contributed by atoms with Gasteiger partial charge in [-0.1, -0.05) is 62.4 Å². The summed E-state index contributed by atoms with van der Waals surface area (Å²) in [7, 11) is 5.50. The molecule has 10 nitrogen and oxygen atoms in total. The van der Waals surface area contributed by atoms with Crippen LogP contribution in [0.5, 0.6) is 11.5 Å². The monoisotopic (exact) mass is 671 g/mol. The van der Waals surface area contributed by atoms with Crippen LogP contribution in [0.3, 0.4) is 0 Å². The molecule has 4 aliphatic carbocycles. The summed E-state index contributed by atoms with van der Waals surface area (Å²) < 4.78 is 24.6. The van der Waals surface area contributed by atoms with Crippen LogP contribution in [0.15, 0.2) is 54.6 Å². The summed E-state index contributed by atoms with van der Waals surface area (Å²) in [4.78, 5) is 44.2. The minimum absolute atomic E-state index is 0.136. The number of likely N-dealkylation sites (tertiary alicyclic amines) is 1. The second-order valence-electron chi connectivity index (χ2n) is 14.9. The zero-order chi connectivity index (χ0) is 34.7. The molecule has 2 aliphatic heterocycles. The number of methoxy groups -OCH3 is 2. The SMILES string of the molecule is CCOC(=O)[C@H](CC(C)C)NC(=O)[C@H](Cc1ccccc1)NC(=O)[C@@H]1C[C@@]23C=C[C@@]1(OC)[C@H]1Oc4c(OC)ccc5c4[C@@]12CCN(C)[C@H]3C5. The Labute approximate surface area is 288 Å². The molecule has 2 N–H and O–H groups in total. The lowest BCUT2D eigenvalue weighted by Gasteiger charge is -2.70. The van der Waals surface area contributed by atoms with Crippen molar-refractivity contribution in [3.05, 3.63) is 71.3 Å². The van der Waals surface area contributed by atoms with Crippen molar-refractivity contribution in [2.45, 2.75) is 88.1 Å². The number of carbonyl (C=O) groups excluding carboxylic acids is 3. The van der Waals surface area contributed by atoms with E-state index in [0.29, 0.717) is 18.6 Å². The molecule has 0 radical (unpaired) electrons. The first kappa shape index (κ1) is 33.6. The van der Waals surface area contributed by atoms with Crippen LogP contribution in [0, 0.1) is 17.3 Å². The van der Waals surface area contributed by atoms with Gasteiger partial charge >= 0.3 is 5.97 Å². The second-order valence-corrected chi connectivity index (χ2v) is 14.9. The normalized spacial score (nSPS) is 31.4. The standard InChI is InChI=1S/C39H49N3O7/c1-7-48-35(45)28(19-23(2)3)41-34(44)27(20-24-11-9-8-10-12-24)40-33(43)26-22-37-15-16-39(26,47-6)36-38(37)17-18-42(4)30(37)21-25-13-14-29(46-5)32(49-36)31(25)38/h8-16,23,26-28,30,36H,7,17-22H2,1-6H3,(H,40,43)(H,41,44)/t26-,27-,28-,30-,36-,37+,38-,39-/m0/s1. The number of fused-ring (bicyclic) bond motifs is 1. The topological polar surface area (TPSA) is 115 Å². The van der Waals surface area contributed by atoms with E-state index in [0.717, 1.165) is 30.7 Å². The van der Waals surface area contributed by atoms with Crippen molar-refractivity contribution >= 4 is 17.8 Å². The maximum Gasteiger partial charge on any atom is 0.328 e. The summed E-state index contributed by atoms with van der Waals surface area (Å²) in [6.45, 7) is 6.84. The van der Waals surface area contributed by atoms with E-state index in [9.17, 15) is 14.4 Å². The fourth-order valence-corrected chi connectivity index (χ4v) is 10.0. The third kappa shape index (κ3) is 4.92. The molecule has 49 heavy (non-hydrogen) atoms. The first-order valence-electron chi connectivity index (χ1n) is 17.7. The number of likely N-dealkylation sites (N-methyl/N-ethyl adjacent to an activating group) is 1. The number of ether oxygens (including phenoxy) is 4. The number of piperidine rings is 1. The van der Waals surface area contributed by atoms with Crippen molar-refractivity contribution in [2.24, 2.45) is 17.3 Å². The smallest absolute Gasteiger partial charge is 0.328 e. The van der Waals surface area contributed by atoms with Crippen LogP contribution in [-0.2, 0) is 42.1 Å². The quantitative estimate of drug-likeness (QED) is 0.259. The molecule has 0 unspecified atom stereocenters. The predicted octanol–water partition coefficient (Wildman–Crippen LogP) is 3.74. The number of hydrogen-bond acceptors (Lipinski definition) is 8. The number of amides is 2. The highest BCUT2D eigenvalue weighted by Crippen LogP contribution is 2.74. The summed E-state index contributed by atoms with van der Waals surface area (Å²) in [5.74, 6) is -0.226. The molecule has 2 fully saturated rings. The third-order valence-electron chi connectivity index (χ3n) is 12.1. The average Bonchev–Trinajstić information content (AvgIpc) is 3.47. The molecular weight excluding hydrogens is 622 g/mol. The summed E-state index contributed by atoms with van der Waals surface area (Å²) >= 11 is 0. The summed E-state index contributed by atoms with van der Waals surface area (Å²) in [5.41, 5.74) is 1.52. The van der Waals surface area contributed by atoms with E-state index in [1.807, 2.05) is 50.2 Å². The summed E-state index contributed by atoms with van der Waals surface area (Å²) in [6, 6.07) is 12.2. The Morgan fingerprint density at radius 1 is 1.04 bits per heavy atom. The Morgan fingerprint density at radius 3 is 2.51 bits per heavy atom. The Bertz CT molecular complexity index is 1660. The van der Waals surface area contributed by atoms with Crippen LogP contribution >= 0.6 is 0 Å². The second kappa shape index (κ2) is 12.5. The van der Waals surface area contributed by atoms with Crippen molar-refractivity contribution < 1.29 is 33.3 Å². The number of hydrogen-bond donors (Lipinski definition) is 2. The highest BCUT2D eigenvalue weighted by Gasteiger charge is 2.79. The Kier molecular flexibility index (Phi) is 8.54. The lowest BCUT2D eigenvalue weighted by molar-refractivity contribution is -0.214. The van der Waals surface area contributed by atoms with Gasteiger partial charge in [-0.25, -0.2) is 4.79 Å². The summed E-state index contributed by atoms with van der Waals surface area (Å²) in [6.07, 6.45) is 6.86. The van der Waals surface area contributed by atoms with Gasteiger partial charge in [-0.15, -0.1) is 0 Å². The van der Waals surface area contributed by atoms with Gasteiger partial charge in [0.05, 0.1) is 25.0 Å². The van der Waals surface area contributed by atoms with E-state index in [-0.39, 0.29) is 41.7 Å². The minimum atomic E-state index is -1.08. The molecular formula is C39H49N3O7. The van der Waals surface area contributed by atoms with E-state index in [4.69, 9.17) is 18.9 Å². The van der Waals surface area contributed by atoms with Gasteiger partial charge in [0.25, 0.3) is 0 Å². The van der Waals surface area contributed by atoms with Gasteiger partial charge in [0.2, 0.25) is 11.8 Å². The van der Waals surface area contributed by atoms with Crippen molar-refractivity contribution in [1.29, 1.82) is 0 Å². The zero-order valence-corrected chi connectivity index (χ0v) is 29.4. The van der Waals surface area contributed by atoms with Crippen LogP contribution in [0.2, 0.25) is 0 Å². The van der Waals surface area contributed by atoms with Crippen molar-refractivity contribution in [3.8, 4) is 11.5 Å². The molecule has 2 aromatic rings. The number of nitrogens with zero attached hydrogens (tertiary/aromatic N) is 1. The molecule has 2 amide bonds. The number of esters is 1. The maximum atomic E-state index is 14.8. The van der Waals surface area contributed by atoms with Gasteiger partial charge in [-0.05, 0) is 69.3 Å². The maximum absolute atomic E-state index is 14.8. The van der Waals surface area contributed by atoms with Crippen molar-refractivity contribution in [3.63, 3.8) is 0 Å². The van der Waals surface area contributed by atoms with Crippen LogP contribution in [-0.4, -0.2) is 86.9 Å². The molecule has 2 heterocycles. The summed E-state index contributed by atoms with van der Waals surface area (Å²) in [5, 5.41) is 6.08. The van der Waals surface area contributed by atoms with Gasteiger partial charge in [0.15, 0.2) is 11.5 Å². The van der Waals surface area contributed by atoms with E-state index in [1.54, 1.807) is 21.1 Å². The first-order chi connectivity index (χ1) is 23.5. The fraction of sp³-hybridized carbons (Fsp3) is 0.564. The van der Waals surface area contributed by atoms with Crippen LogP contribution < -0.4 is 20.1 Å². The Balaban J connectivity index is 1.25. The molecule has 6 aliphatic rings. The van der Waals surface area contributed by atoms with Crippen LogP contribution in [0.25, 0.3) is 0 Å². The molecule has 2 aromatic carbocycles. The molecule has 2 spiro atoms. The van der Waals surface area contributed by atoms with Gasteiger partial charge in [0.1, 0.15) is 23.8 Å². The third-order valence-corrected chi connectivity index (χ3v) is 12.1. The number of nitrogens with one attached hydrogen (secondary N) is 2. The van der Waals surface area contributed by atoms with Crippen LogP contribution in [0.1, 0.15) is 56.7 Å². The van der Waals surface area contributed by atoms with Gasteiger partial charge < -0.3 is 34.5 Å². The largest absolute Gasteiger partial charge is 0.493 e. The number of carbonyl (C=O) groups is 3. The first-order valence-corrected chi connectivity index (χ1v) is 17.7. The number of rotatable bonds is 12. The lowest BCUT2D eigenvalue weighted by Crippen LogP contribution is -2.80. The Hall–Kier alpha value is -3.89. The minimum Gasteiger partial charge on any atom is -0.493 e. The number of benzene rings is 2. The average molecular weight is 672 g/mol. The molecule has 262 valence electrons. The van der Waals surface area contributed by atoms with E-state index in [2.05, 4.69) is 40.8 Å². The van der Waals surface area contributed by atoms with E-state index < -0.39 is 41.6 Å². The molecule has 8 rings (SSSR count). The highest BCUT2D eigenvalue weighted by atomic mass is 16.6. The highest BCUT2D eigenvalue weighted by molar-refractivity contribution is 5.92. The van der Waals surface area contributed by atoms with Crippen molar-refractivity contribution in [1.82, 2.24) is 15.5 Å². The zero-order valence-electron chi connectivity index (χ0n) is 29.4. The van der Waals surface area contributed by atoms with E-state index in [1.165, 1.54) is 11.1 Å². The molecule has 1 saturated carbocycles. The molecule has 0 aromatic heterocycles. The van der Waals surface area contributed by atoms with Crippen LogP contribution in [0.4, 0.5) is 0 Å². The van der Waals surface area contributed by atoms with Gasteiger partial charge in [-0.3, -0.25) is 9.59 Å². The lowest BCUT2D eigenvalue weighted by atomic mass is 9.37. The fourth-order valence-electron chi connectivity index (χ4n) is 10.0. The van der Waals surface area contributed by atoms with Gasteiger partial charge in [0, 0.05) is 30.6 Å². The predicted molar refractivity (Wildman–Crippen MR) is 183 cm³/mol. The van der Waals surface area contributed by atoms with E-state index >= 15 is 0 Å². The molecule has 8 atom stereocenters. The van der Waals surface area contributed by atoms with Gasteiger partial charge in [-0.2, -0.15) is 0 Å². The molecule has 10 heteroatoms. The Morgan fingerprint density at radius 2 is 1.82 bits per heavy atom.